The van der Waals surface area contributed by atoms with Gasteiger partial charge in [-0.05, 0) is 74.7 Å². The number of hydrogen-bond acceptors (Lipinski definition) is 7. The fourth-order valence-corrected chi connectivity index (χ4v) is 4.67. The topological polar surface area (TPSA) is 107 Å². The molecule has 0 aliphatic heterocycles. The van der Waals surface area contributed by atoms with Crippen LogP contribution in [0.5, 0.6) is 5.75 Å². The molecule has 8 nitrogen and oxygen atoms in total. The number of carbonyl (C=O) groups is 2. The molecule has 2 N–H and O–H groups in total. The molecule has 45 heavy (non-hydrogen) atoms. The molecular weight excluding hydrogens is 591 g/mol. The molecular formula is C34H36F3NO7. The van der Waals surface area contributed by atoms with Crippen LogP contribution in [-0.4, -0.2) is 35.6 Å². The van der Waals surface area contributed by atoms with Gasteiger partial charge in [0.25, 0.3) is 0 Å². The van der Waals surface area contributed by atoms with Gasteiger partial charge in [-0.15, -0.1) is 0 Å². The fourth-order valence-electron chi connectivity index (χ4n) is 4.67. The molecule has 1 heterocycles. The number of aliphatic hydroxyl groups is 1. The molecule has 0 spiro atoms. The molecule has 1 unspecified atom stereocenters. The standard InChI is InChI=1S/C34H36F3NO7/c1-5-42-30(40)17-24-10-6-7-12-28(24)43-20-22-14-25-16-29(27(39)18-34(35,36)37)44-31(25)26(15-22)23-11-8-9-21(13-23)19-38-32(41)45-33(2,3)4/h6-16,27,39H,5,17-20H2,1-4H3,(H,38,41). The van der Waals surface area contributed by atoms with Crippen molar-refractivity contribution in [1.82, 2.24) is 5.32 Å². The highest BCUT2D eigenvalue weighted by Crippen LogP contribution is 2.37. The Balaban J connectivity index is 1.67. The van der Waals surface area contributed by atoms with Crippen LogP contribution in [0.3, 0.4) is 0 Å². The van der Waals surface area contributed by atoms with Gasteiger partial charge in [0.05, 0.1) is 19.4 Å². The zero-order valence-electron chi connectivity index (χ0n) is 25.5. The summed E-state index contributed by atoms with van der Waals surface area (Å²) in [5.41, 5.74) is 2.89. The first-order valence-electron chi connectivity index (χ1n) is 14.4. The number of aliphatic hydroxyl groups excluding tert-OH is 1. The lowest BCUT2D eigenvalue weighted by Gasteiger charge is -2.19. The largest absolute Gasteiger partial charge is 0.489 e. The molecule has 4 aromatic rings. The van der Waals surface area contributed by atoms with E-state index in [-0.39, 0.29) is 43.5 Å². The number of alkyl carbamates (subject to hydrolysis) is 1. The maximum atomic E-state index is 13.1. The van der Waals surface area contributed by atoms with E-state index in [2.05, 4.69) is 5.32 Å². The Kier molecular flexibility index (Phi) is 10.4. The van der Waals surface area contributed by atoms with Gasteiger partial charge in [0.15, 0.2) is 0 Å². The smallest absolute Gasteiger partial charge is 0.407 e. The Hall–Kier alpha value is -4.51. The van der Waals surface area contributed by atoms with Crippen molar-refractivity contribution in [2.75, 3.05) is 6.61 Å². The van der Waals surface area contributed by atoms with Gasteiger partial charge in [-0.1, -0.05) is 36.4 Å². The maximum absolute atomic E-state index is 13.1. The minimum absolute atomic E-state index is 0.0284. The van der Waals surface area contributed by atoms with Crippen molar-refractivity contribution < 1.29 is 46.5 Å². The number of rotatable bonds is 11. The third-order valence-corrected chi connectivity index (χ3v) is 6.53. The Morgan fingerprint density at radius 2 is 1.73 bits per heavy atom. The van der Waals surface area contributed by atoms with Gasteiger partial charge in [0, 0.05) is 23.1 Å². The van der Waals surface area contributed by atoms with Crippen molar-refractivity contribution in [3.8, 4) is 16.9 Å². The molecule has 1 atom stereocenters. The quantitative estimate of drug-likeness (QED) is 0.164. The van der Waals surface area contributed by atoms with Crippen molar-refractivity contribution in [2.24, 2.45) is 0 Å². The van der Waals surface area contributed by atoms with Crippen LogP contribution in [0.2, 0.25) is 0 Å². The van der Waals surface area contributed by atoms with Crippen LogP contribution in [0.1, 0.15) is 62.7 Å². The Bertz CT molecular complexity index is 1640. The van der Waals surface area contributed by atoms with E-state index in [1.54, 1.807) is 76.2 Å². The summed E-state index contributed by atoms with van der Waals surface area (Å²) >= 11 is 0. The summed E-state index contributed by atoms with van der Waals surface area (Å²) < 4.78 is 61.4. The summed E-state index contributed by atoms with van der Waals surface area (Å²) in [6, 6.07) is 19.2. The van der Waals surface area contributed by atoms with E-state index >= 15 is 0 Å². The maximum Gasteiger partial charge on any atom is 0.407 e. The average Bonchev–Trinajstić information content (AvgIpc) is 3.38. The molecule has 0 saturated carbocycles. The van der Waals surface area contributed by atoms with Gasteiger partial charge < -0.3 is 29.1 Å². The lowest BCUT2D eigenvalue weighted by molar-refractivity contribution is -0.156. The summed E-state index contributed by atoms with van der Waals surface area (Å²) in [5.74, 6) is -0.123. The van der Waals surface area contributed by atoms with Crippen LogP contribution in [-0.2, 0) is 33.8 Å². The fraction of sp³-hybridized carbons (Fsp3) is 0.353. The molecule has 1 aromatic heterocycles. The van der Waals surface area contributed by atoms with E-state index < -0.39 is 30.4 Å². The summed E-state index contributed by atoms with van der Waals surface area (Å²) in [7, 11) is 0. The summed E-state index contributed by atoms with van der Waals surface area (Å²) in [4.78, 5) is 24.3. The summed E-state index contributed by atoms with van der Waals surface area (Å²) in [6.45, 7) is 7.50. The molecule has 0 fully saturated rings. The van der Waals surface area contributed by atoms with Crippen LogP contribution >= 0.6 is 0 Å². The molecule has 3 aromatic carbocycles. The van der Waals surface area contributed by atoms with Gasteiger partial charge >= 0.3 is 18.2 Å². The number of ether oxygens (including phenoxy) is 3. The number of esters is 1. The Morgan fingerprint density at radius 1 is 0.978 bits per heavy atom. The van der Waals surface area contributed by atoms with E-state index in [9.17, 15) is 27.9 Å². The van der Waals surface area contributed by atoms with Crippen molar-refractivity contribution in [3.63, 3.8) is 0 Å². The lowest BCUT2D eigenvalue weighted by atomic mass is 9.98. The minimum atomic E-state index is -4.59. The van der Waals surface area contributed by atoms with Crippen LogP contribution in [0.15, 0.2) is 71.1 Å². The Labute approximate surface area is 259 Å². The van der Waals surface area contributed by atoms with Gasteiger partial charge in [0.1, 0.15) is 35.4 Å². The first-order chi connectivity index (χ1) is 21.2. The van der Waals surface area contributed by atoms with Crippen LogP contribution in [0.25, 0.3) is 22.1 Å². The number of amides is 1. The molecule has 240 valence electrons. The number of halogens is 3. The van der Waals surface area contributed by atoms with Crippen LogP contribution in [0.4, 0.5) is 18.0 Å². The average molecular weight is 628 g/mol. The van der Waals surface area contributed by atoms with Crippen molar-refractivity contribution >= 4 is 23.0 Å². The first kappa shape index (κ1) is 33.4. The van der Waals surface area contributed by atoms with Gasteiger partial charge in [0.2, 0.25) is 0 Å². The third kappa shape index (κ3) is 9.74. The number of carbonyl (C=O) groups excluding carboxylic acids is 2. The van der Waals surface area contributed by atoms with E-state index in [1.807, 2.05) is 12.1 Å². The number of alkyl halides is 3. The van der Waals surface area contributed by atoms with Crippen molar-refractivity contribution in [1.29, 1.82) is 0 Å². The summed E-state index contributed by atoms with van der Waals surface area (Å²) in [6.07, 6.45) is -8.48. The van der Waals surface area contributed by atoms with Crippen LogP contribution < -0.4 is 10.1 Å². The molecule has 11 heteroatoms. The molecule has 0 aliphatic rings. The number of hydrogen-bond donors (Lipinski definition) is 2. The molecule has 0 bridgehead atoms. The van der Waals surface area contributed by atoms with E-state index in [4.69, 9.17) is 18.6 Å². The predicted molar refractivity (Wildman–Crippen MR) is 161 cm³/mol. The number of para-hydroxylation sites is 1. The number of nitrogens with one attached hydrogen (secondary N) is 1. The van der Waals surface area contributed by atoms with E-state index in [0.717, 1.165) is 5.56 Å². The highest BCUT2D eigenvalue weighted by molar-refractivity contribution is 5.94. The molecule has 4 rings (SSSR count). The van der Waals surface area contributed by atoms with E-state index in [0.29, 0.717) is 33.4 Å². The second-order valence-corrected chi connectivity index (χ2v) is 11.5. The normalized spacial score (nSPS) is 12.5. The monoisotopic (exact) mass is 627 g/mol. The Morgan fingerprint density at radius 3 is 2.44 bits per heavy atom. The number of fused-ring (bicyclic) bond motifs is 1. The highest BCUT2D eigenvalue weighted by Gasteiger charge is 2.33. The van der Waals surface area contributed by atoms with Gasteiger partial charge in [-0.3, -0.25) is 4.79 Å². The summed E-state index contributed by atoms with van der Waals surface area (Å²) in [5, 5.41) is 13.5. The van der Waals surface area contributed by atoms with Gasteiger partial charge in [-0.2, -0.15) is 13.2 Å². The molecule has 0 saturated heterocycles. The zero-order chi connectivity index (χ0) is 32.8. The van der Waals surface area contributed by atoms with Crippen molar-refractivity contribution in [3.05, 3.63) is 89.2 Å². The molecule has 0 radical (unpaired) electrons. The minimum Gasteiger partial charge on any atom is -0.489 e. The molecule has 1 amide bonds. The van der Waals surface area contributed by atoms with Gasteiger partial charge in [-0.25, -0.2) is 4.79 Å². The second kappa shape index (κ2) is 14.1. The first-order valence-corrected chi connectivity index (χ1v) is 14.4. The van der Waals surface area contributed by atoms with Crippen molar-refractivity contribution in [2.45, 2.75) is 71.6 Å². The molecule has 0 aliphatic carbocycles. The highest BCUT2D eigenvalue weighted by atomic mass is 19.4. The number of furan rings is 1. The third-order valence-electron chi connectivity index (χ3n) is 6.53. The SMILES string of the molecule is CCOC(=O)Cc1ccccc1OCc1cc(-c2cccc(CNC(=O)OC(C)(C)C)c2)c2oc(C(O)CC(F)(F)F)cc2c1. The second-order valence-electron chi connectivity index (χ2n) is 11.5. The van der Waals surface area contributed by atoms with Crippen LogP contribution in [0, 0.1) is 0 Å². The van der Waals surface area contributed by atoms with E-state index in [1.165, 1.54) is 6.07 Å². The zero-order valence-corrected chi connectivity index (χ0v) is 25.5. The number of benzene rings is 3. The predicted octanol–water partition coefficient (Wildman–Crippen LogP) is 7.79. The lowest BCUT2D eigenvalue weighted by Crippen LogP contribution is -2.32.